The number of nitrogens with zero attached hydrogens (tertiary/aromatic N) is 2. The van der Waals surface area contributed by atoms with E-state index in [0.717, 1.165) is 52.7 Å². The molecule has 3 atom stereocenters. The number of hydrogen-bond donors (Lipinski definition) is 1. The molecule has 3 aliphatic heterocycles. The van der Waals surface area contributed by atoms with Gasteiger partial charge in [0.1, 0.15) is 0 Å². The molecule has 206 valence electrons. The molecule has 2 fully saturated rings. The van der Waals surface area contributed by atoms with Crippen LogP contribution >= 0.6 is 0 Å². The molecule has 1 N–H and O–H groups in total. The molecule has 1 aromatic heterocycles. The number of hydrogen-bond acceptors (Lipinski definition) is 5. The van der Waals surface area contributed by atoms with Crippen LogP contribution in [0.25, 0.3) is 10.9 Å². The van der Waals surface area contributed by atoms with Crippen molar-refractivity contribution < 1.29 is 23.8 Å². The first-order chi connectivity index (χ1) is 19.0. The molecule has 39 heavy (non-hydrogen) atoms. The highest BCUT2D eigenvalue weighted by molar-refractivity contribution is 6.01. The first-order valence-corrected chi connectivity index (χ1v) is 14.2. The zero-order chi connectivity index (χ0) is 27.1. The number of rotatable bonds is 8. The molecule has 4 heterocycles. The largest absolute Gasteiger partial charge is 0.490 e. The minimum atomic E-state index is -1.12. The van der Waals surface area contributed by atoms with Crippen molar-refractivity contribution in [2.24, 2.45) is 0 Å². The van der Waals surface area contributed by atoms with E-state index in [2.05, 4.69) is 24.0 Å². The smallest absolute Gasteiger partial charge is 0.255 e. The fourth-order valence-corrected chi connectivity index (χ4v) is 6.50. The lowest BCUT2D eigenvalue weighted by Gasteiger charge is -2.51. The molecule has 3 aliphatic rings. The number of aromatic amines is 1. The number of fused-ring (bicyclic) bond motifs is 5. The SMILES string of the molecule is CCCOc1ccc([C@H]2CN3C(=O)CN(C[C@@H]4CCCO4)C(=O)[C@]3(C)c3[nH]c4ccccc4c32)cc1OCC. The summed E-state index contributed by atoms with van der Waals surface area (Å²) in [7, 11) is 0. The van der Waals surface area contributed by atoms with Crippen LogP contribution in [0.3, 0.4) is 0 Å². The van der Waals surface area contributed by atoms with E-state index in [4.69, 9.17) is 14.2 Å². The van der Waals surface area contributed by atoms with Gasteiger partial charge in [0, 0.05) is 36.5 Å². The van der Waals surface area contributed by atoms with Crippen molar-refractivity contribution in [2.45, 2.75) is 57.6 Å². The average Bonchev–Trinajstić information content (AvgIpc) is 3.60. The monoisotopic (exact) mass is 531 g/mol. The van der Waals surface area contributed by atoms with Gasteiger partial charge in [-0.3, -0.25) is 9.59 Å². The zero-order valence-electron chi connectivity index (χ0n) is 23.0. The Balaban J connectivity index is 1.46. The van der Waals surface area contributed by atoms with Gasteiger partial charge in [-0.25, -0.2) is 0 Å². The van der Waals surface area contributed by atoms with E-state index in [9.17, 15) is 9.59 Å². The van der Waals surface area contributed by atoms with Crippen LogP contribution in [-0.4, -0.2) is 72.2 Å². The summed E-state index contributed by atoms with van der Waals surface area (Å²) >= 11 is 0. The number of para-hydroxylation sites is 1. The number of aromatic nitrogens is 1. The maximum atomic E-state index is 14.2. The number of H-pyrrole nitrogens is 1. The van der Waals surface area contributed by atoms with Gasteiger partial charge < -0.3 is 29.0 Å². The predicted molar refractivity (Wildman–Crippen MR) is 148 cm³/mol. The second-order valence-corrected chi connectivity index (χ2v) is 10.9. The van der Waals surface area contributed by atoms with E-state index < -0.39 is 5.54 Å². The van der Waals surface area contributed by atoms with Crippen LogP contribution in [-0.2, 0) is 19.9 Å². The van der Waals surface area contributed by atoms with Crippen molar-refractivity contribution in [3.8, 4) is 11.5 Å². The summed E-state index contributed by atoms with van der Waals surface area (Å²) < 4.78 is 17.7. The molecule has 0 aliphatic carbocycles. The maximum Gasteiger partial charge on any atom is 0.255 e. The van der Waals surface area contributed by atoms with Gasteiger partial charge >= 0.3 is 0 Å². The van der Waals surface area contributed by atoms with Crippen LogP contribution in [0.1, 0.15) is 62.8 Å². The lowest BCUT2D eigenvalue weighted by atomic mass is 9.76. The Labute approximate surface area is 229 Å². The third-order valence-electron chi connectivity index (χ3n) is 8.40. The summed E-state index contributed by atoms with van der Waals surface area (Å²) in [6.45, 7) is 8.70. The Morgan fingerprint density at radius 1 is 1.10 bits per heavy atom. The highest BCUT2D eigenvalue weighted by Crippen LogP contribution is 2.49. The first-order valence-electron chi connectivity index (χ1n) is 14.2. The number of piperazine rings is 1. The molecule has 8 nitrogen and oxygen atoms in total. The van der Waals surface area contributed by atoms with Gasteiger partial charge in [-0.1, -0.05) is 31.2 Å². The topological polar surface area (TPSA) is 84.1 Å². The average molecular weight is 532 g/mol. The number of carbonyl (C=O) groups excluding carboxylic acids is 2. The van der Waals surface area contributed by atoms with Crippen molar-refractivity contribution in [1.82, 2.24) is 14.8 Å². The number of ether oxygens (including phenoxy) is 3. The molecule has 0 spiro atoms. The van der Waals surface area contributed by atoms with E-state index >= 15 is 0 Å². The van der Waals surface area contributed by atoms with E-state index in [-0.39, 0.29) is 30.4 Å². The second-order valence-electron chi connectivity index (χ2n) is 10.9. The van der Waals surface area contributed by atoms with E-state index in [1.54, 1.807) is 9.80 Å². The predicted octanol–water partition coefficient (Wildman–Crippen LogP) is 4.57. The summed E-state index contributed by atoms with van der Waals surface area (Å²) in [5, 5.41) is 1.07. The van der Waals surface area contributed by atoms with Crippen LogP contribution in [0.15, 0.2) is 42.5 Å². The van der Waals surface area contributed by atoms with Gasteiger partial charge in [0.15, 0.2) is 17.0 Å². The van der Waals surface area contributed by atoms with Gasteiger partial charge in [-0.15, -0.1) is 0 Å². The van der Waals surface area contributed by atoms with Gasteiger partial charge in [-0.2, -0.15) is 0 Å². The van der Waals surface area contributed by atoms with Crippen LogP contribution in [0.5, 0.6) is 11.5 Å². The summed E-state index contributed by atoms with van der Waals surface area (Å²) in [5.74, 6) is 1.18. The molecule has 8 heteroatoms. The highest BCUT2D eigenvalue weighted by atomic mass is 16.5. The molecule has 6 rings (SSSR count). The zero-order valence-corrected chi connectivity index (χ0v) is 23.0. The van der Waals surface area contributed by atoms with Crippen LogP contribution < -0.4 is 9.47 Å². The number of benzene rings is 2. The van der Waals surface area contributed by atoms with Crippen molar-refractivity contribution in [3.05, 3.63) is 59.3 Å². The van der Waals surface area contributed by atoms with Crippen molar-refractivity contribution in [1.29, 1.82) is 0 Å². The van der Waals surface area contributed by atoms with Crippen molar-refractivity contribution in [2.75, 3.05) is 39.5 Å². The molecule has 0 radical (unpaired) electrons. The first kappa shape index (κ1) is 25.7. The minimum absolute atomic E-state index is 0.0131. The molecular formula is C31H37N3O5. The molecule has 0 unspecified atom stereocenters. The lowest BCUT2D eigenvalue weighted by molar-refractivity contribution is -0.167. The fourth-order valence-electron chi connectivity index (χ4n) is 6.50. The molecule has 2 aromatic carbocycles. The second kappa shape index (κ2) is 10.2. The Morgan fingerprint density at radius 2 is 1.95 bits per heavy atom. The lowest BCUT2D eigenvalue weighted by Crippen LogP contribution is -2.68. The Bertz CT molecular complexity index is 1390. The molecule has 0 bridgehead atoms. The van der Waals surface area contributed by atoms with Gasteiger partial charge in [0.05, 0.1) is 31.6 Å². The van der Waals surface area contributed by atoms with Crippen molar-refractivity contribution >= 4 is 22.7 Å². The molecule has 2 saturated heterocycles. The maximum absolute atomic E-state index is 14.2. The number of amides is 2. The van der Waals surface area contributed by atoms with Gasteiger partial charge in [-0.05, 0) is 62.4 Å². The molecule has 2 amide bonds. The normalized spacial score (nSPS) is 24.7. The van der Waals surface area contributed by atoms with E-state index in [1.807, 2.05) is 44.2 Å². The van der Waals surface area contributed by atoms with Gasteiger partial charge in [0.2, 0.25) is 5.91 Å². The van der Waals surface area contributed by atoms with Crippen LogP contribution in [0.4, 0.5) is 0 Å². The third kappa shape index (κ3) is 4.25. The fraction of sp³-hybridized carbons (Fsp3) is 0.484. The summed E-state index contributed by atoms with van der Waals surface area (Å²) in [5.41, 5.74) is 2.72. The van der Waals surface area contributed by atoms with Crippen molar-refractivity contribution in [3.63, 3.8) is 0 Å². The quantitative estimate of drug-likeness (QED) is 0.461. The number of carbonyl (C=O) groups is 2. The third-order valence-corrected chi connectivity index (χ3v) is 8.40. The molecular weight excluding hydrogens is 494 g/mol. The Morgan fingerprint density at radius 3 is 2.72 bits per heavy atom. The standard InChI is InChI=1S/C31H37N3O5/c1-4-14-39-25-13-12-20(16-26(25)37-5-2)23-18-34-27(35)19-33(17-21-9-8-15-38-21)30(36)31(34,3)29-28(23)22-10-6-7-11-24(22)32-29/h6-7,10-13,16,21,23,32H,4-5,8-9,14-15,17-19H2,1-3H3/t21-,23+,31-/m0/s1. The highest BCUT2D eigenvalue weighted by Gasteiger charge is 2.56. The summed E-state index contributed by atoms with van der Waals surface area (Å²) in [6, 6.07) is 14.2. The van der Waals surface area contributed by atoms with Crippen LogP contribution in [0.2, 0.25) is 0 Å². The van der Waals surface area contributed by atoms with Gasteiger partial charge in [0.25, 0.3) is 5.91 Å². The van der Waals surface area contributed by atoms with Crippen LogP contribution in [0, 0.1) is 0 Å². The van der Waals surface area contributed by atoms with E-state index in [1.165, 1.54) is 0 Å². The Kier molecular flexibility index (Phi) is 6.75. The molecule has 3 aromatic rings. The number of nitrogens with one attached hydrogen (secondary N) is 1. The molecule has 0 saturated carbocycles. The van der Waals surface area contributed by atoms with E-state index in [0.29, 0.717) is 38.7 Å². The summed E-state index contributed by atoms with van der Waals surface area (Å²) in [6.07, 6.45) is 2.80. The summed E-state index contributed by atoms with van der Waals surface area (Å²) in [4.78, 5) is 35.0. The Hall–Kier alpha value is -3.52. The minimum Gasteiger partial charge on any atom is -0.490 e.